The molecule has 0 unspecified atom stereocenters. The van der Waals surface area contributed by atoms with Gasteiger partial charge in [0.05, 0.1) is 4.90 Å². The predicted molar refractivity (Wildman–Crippen MR) is 103 cm³/mol. The molecule has 0 aliphatic carbocycles. The van der Waals surface area contributed by atoms with Crippen LogP contribution in [0, 0.1) is 27.7 Å². The Hall–Kier alpha value is -2.18. The Kier molecular flexibility index (Phi) is 6.56. The van der Waals surface area contributed by atoms with Gasteiger partial charge in [0.15, 0.2) is 0 Å². The molecule has 0 aromatic heterocycles. The topological polar surface area (TPSA) is 75.3 Å². The van der Waals surface area contributed by atoms with E-state index >= 15 is 0 Å². The van der Waals surface area contributed by atoms with E-state index in [0.29, 0.717) is 11.4 Å². The van der Waals surface area contributed by atoms with Gasteiger partial charge in [-0.2, -0.15) is 0 Å². The molecule has 140 valence electrons. The van der Waals surface area contributed by atoms with E-state index in [1.165, 1.54) is 0 Å². The fourth-order valence-electron chi connectivity index (χ4n) is 2.84. The molecule has 0 radical (unpaired) electrons. The van der Waals surface area contributed by atoms with Gasteiger partial charge in [-0.15, -0.1) is 0 Å². The molecule has 0 atom stereocenters. The molecule has 0 saturated heterocycles. The molecule has 0 heterocycles. The number of benzene rings is 2. The fourth-order valence-corrected chi connectivity index (χ4v) is 4.48. The highest BCUT2D eigenvalue weighted by Crippen LogP contribution is 2.25. The van der Waals surface area contributed by atoms with Crippen LogP contribution in [-0.4, -0.2) is 20.9 Å². The van der Waals surface area contributed by atoms with Crippen molar-refractivity contribution in [3.8, 4) is 0 Å². The summed E-state index contributed by atoms with van der Waals surface area (Å²) in [6.07, 6.45) is 0.0922. The monoisotopic (exact) mass is 374 g/mol. The van der Waals surface area contributed by atoms with Crippen LogP contribution in [0.15, 0.2) is 41.3 Å². The summed E-state index contributed by atoms with van der Waals surface area (Å²) in [5.74, 6) is -0.189. The third-order valence-electron chi connectivity index (χ3n) is 4.54. The summed E-state index contributed by atoms with van der Waals surface area (Å²) in [5, 5.41) is 2.79. The van der Waals surface area contributed by atoms with Crippen LogP contribution >= 0.6 is 0 Å². The number of hydrogen-bond donors (Lipinski definition) is 2. The maximum Gasteiger partial charge on any atom is 0.241 e. The van der Waals surface area contributed by atoms with Crippen LogP contribution in [0.25, 0.3) is 0 Å². The van der Waals surface area contributed by atoms with Gasteiger partial charge in [0, 0.05) is 19.5 Å². The molecule has 26 heavy (non-hydrogen) atoms. The second kappa shape index (κ2) is 8.47. The summed E-state index contributed by atoms with van der Waals surface area (Å²) in [6.45, 7) is 7.91. The highest BCUT2D eigenvalue weighted by molar-refractivity contribution is 7.89. The standard InChI is InChI=1S/C20H26N2O3S/c1-14-12-15(2)17(4)20(16(14)3)26(24,25)22-11-10-19(23)21-13-18-8-6-5-7-9-18/h5-9,12,22H,10-11,13H2,1-4H3,(H,21,23). The Morgan fingerprint density at radius 1 is 0.962 bits per heavy atom. The number of carbonyl (C=O) groups is 1. The molecule has 2 aromatic rings. The molecule has 0 aliphatic rings. The highest BCUT2D eigenvalue weighted by Gasteiger charge is 2.21. The van der Waals surface area contributed by atoms with E-state index in [1.54, 1.807) is 0 Å². The summed E-state index contributed by atoms with van der Waals surface area (Å²) < 4.78 is 27.9. The van der Waals surface area contributed by atoms with Crippen molar-refractivity contribution in [2.45, 2.75) is 45.6 Å². The normalized spacial score (nSPS) is 11.4. The van der Waals surface area contributed by atoms with Crippen molar-refractivity contribution in [3.63, 3.8) is 0 Å². The van der Waals surface area contributed by atoms with Gasteiger partial charge >= 0.3 is 0 Å². The van der Waals surface area contributed by atoms with Crippen LogP contribution < -0.4 is 10.0 Å². The average molecular weight is 375 g/mol. The summed E-state index contributed by atoms with van der Waals surface area (Å²) in [5.41, 5.74) is 4.37. The number of hydrogen-bond acceptors (Lipinski definition) is 3. The highest BCUT2D eigenvalue weighted by atomic mass is 32.2. The van der Waals surface area contributed by atoms with E-state index in [1.807, 2.05) is 64.1 Å². The van der Waals surface area contributed by atoms with Crippen molar-refractivity contribution >= 4 is 15.9 Å². The first-order valence-corrected chi connectivity index (χ1v) is 10.1. The summed E-state index contributed by atoms with van der Waals surface area (Å²) >= 11 is 0. The number of sulfonamides is 1. The molecule has 6 heteroatoms. The van der Waals surface area contributed by atoms with Crippen molar-refractivity contribution < 1.29 is 13.2 Å². The Labute approximate surface area is 155 Å². The van der Waals surface area contributed by atoms with Crippen molar-refractivity contribution in [1.29, 1.82) is 0 Å². The molecular formula is C20H26N2O3S. The molecule has 2 rings (SSSR count). The van der Waals surface area contributed by atoms with Crippen molar-refractivity contribution in [1.82, 2.24) is 10.0 Å². The molecule has 2 aromatic carbocycles. The molecule has 0 spiro atoms. The molecule has 1 amide bonds. The minimum Gasteiger partial charge on any atom is -0.352 e. The van der Waals surface area contributed by atoms with Crippen molar-refractivity contribution in [2.24, 2.45) is 0 Å². The Balaban J connectivity index is 1.96. The summed E-state index contributed by atoms with van der Waals surface area (Å²) in [6, 6.07) is 11.6. The Bertz CT molecular complexity index is 865. The number of rotatable bonds is 7. The largest absolute Gasteiger partial charge is 0.352 e. The van der Waals surface area contributed by atoms with E-state index in [-0.39, 0.29) is 18.9 Å². The molecular weight excluding hydrogens is 348 g/mol. The lowest BCUT2D eigenvalue weighted by molar-refractivity contribution is -0.121. The van der Waals surface area contributed by atoms with Gasteiger partial charge in [-0.1, -0.05) is 36.4 Å². The SMILES string of the molecule is Cc1cc(C)c(C)c(S(=O)(=O)NCCC(=O)NCc2ccccc2)c1C. The Morgan fingerprint density at radius 3 is 2.12 bits per heavy atom. The van der Waals surface area contributed by atoms with E-state index in [0.717, 1.165) is 27.8 Å². The van der Waals surface area contributed by atoms with Crippen LogP contribution in [0.3, 0.4) is 0 Å². The molecule has 0 bridgehead atoms. The first-order chi connectivity index (χ1) is 12.2. The smallest absolute Gasteiger partial charge is 0.241 e. The number of aryl methyl sites for hydroxylation is 2. The van der Waals surface area contributed by atoms with Gasteiger partial charge in [-0.25, -0.2) is 13.1 Å². The lowest BCUT2D eigenvalue weighted by Gasteiger charge is -2.16. The van der Waals surface area contributed by atoms with Crippen LogP contribution in [0.4, 0.5) is 0 Å². The zero-order chi connectivity index (χ0) is 19.3. The van der Waals surface area contributed by atoms with Gasteiger partial charge < -0.3 is 5.32 Å². The second-order valence-electron chi connectivity index (χ2n) is 6.50. The fraction of sp³-hybridized carbons (Fsp3) is 0.350. The zero-order valence-corrected chi connectivity index (χ0v) is 16.5. The Morgan fingerprint density at radius 2 is 1.54 bits per heavy atom. The van der Waals surface area contributed by atoms with Crippen molar-refractivity contribution in [2.75, 3.05) is 6.54 Å². The maximum absolute atomic E-state index is 12.7. The van der Waals surface area contributed by atoms with Gasteiger partial charge in [0.2, 0.25) is 15.9 Å². The van der Waals surface area contributed by atoms with E-state index in [2.05, 4.69) is 10.0 Å². The maximum atomic E-state index is 12.7. The van der Waals surface area contributed by atoms with Gasteiger partial charge in [0.25, 0.3) is 0 Å². The second-order valence-corrected chi connectivity index (χ2v) is 8.20. The molecule has 2 N–H and O–H groups in total. The predicted octanol–water partition coefficient (Wildman–Crippen LogP) is 2.91. The lowest BCUT2D eigenvalue weighted by atomic mass is 10.0. The van der Waals surface area contributed by atoms with Gasteiger partial charge in [0.1, 0.15) is 0 Å². The van der Waals surface area contributed by atoms with Gasteiger partial charge in [-0.3, -0.25) is 4.79 Å². The third-order valence-corrected chi connectivity index (χ3v) is 6.28. The van der Waals surface area contributed by atoms with Gasteiger partial charge in [-0.05, 0) is 55.5 Å². The van der Waals surface area contributed by atoms with Crippen molar-refractivity contribution in [3.05, 3.63) is 64.2 Å². The van der Waals surface area contributed by atoms with E-state index in [9.17, 15) is 13.2 Å². The summed E-state index contributed by atoms with van der Waals surface area (Å²) in [4.78, 5) is 12.3. The van der Waals surface area contributed by atoms with Crippen LogP contribution in [0.5, 0.6) is 0 Å². The lowest BCUT2D eigenvalue weighted by Crippen LogP contribution is -2.31. The minimum absolute atomic E-state index is 0.0643. The number of carbonyl (C=O) groups excluding carboxylic acids is 1. The van der Waals surface area contributed by atoms with Crippen LogP contribution in [0.2, 0.25) is 0 Å². The molecule has 0 saturated carbocycles. The first kappa shape index (κ1) is 20.1. The number of amides is 1. The minimum atomic E-state index is -3.66. The van der Waals surface area contributed by atoms with Crippen LogP contribution in [-0.2, 0) is 21.4 Å². The van der Waals surface area contributed by atoms with Crippen LogP contribution in [0.1, 0.15) is 34.2 Å². The zero-order valence-electron chi connectivity index (χ0n) is 15.7. The molecule has 0 aliphatic heterocycles. The van der Waals surface area contributed by atoms with E-state index in [4.69, 9.17) is 0 Å². The third kappa shape index (κ3) is 4.93. The molecule has 5 nitrogen and oxygen atoms in total. The quantitative estimate of drug-likeness (QED) is 0.782. The average Bonchev–Trinajstić information content (AvgIpc) is 2.59. The van der Waals surface area contributed by atoms with E-state index < -0.39 is 10.0 Å². The molecule has 0 fully saturated rings. The first-order valence-electron chi connectivity index (χ1n) is 8.60. The number of nitrogens with one attached hydrogen (secondary N) is 2. The summed E-state index contributed by atoms with van der Waals surface area (Å²) in [7, 11) is -3.66.